The molecule has 1 amide bonds. The summed E-state index contributed by atoms with van der Waals surface area (Å²) in [4.78, 5) is 24.2. The number of nitriles is 1. The second-order valence-corrected chi connectivity index (χ2v) is 7.29. The Bertz CT molecular complexity index is 1010. The molecule has 2 atom stereocenters. The Hall–Kier alpha value is -2.66. The van der Waals surface area contributed by atoms with E-state index in [1.54, 1.807) is 6.92 Å². The monoisotopic (exact) mass is 467 g/mol. The number of halogens is 3. The molecule has 0 heterocycles. The molecule has 0 aliphatic carbocycles. The molecule has 0 unspecified atom stereocenters. The van der Waals surface area contributed by atoms with Crippen LogP contribution in [0.1, 0.15) is 59.8 Å². The summed E-state index contributed by atoms with van der Waals surface area (Å²) in [5.41, 5.74) is 5.49. The molecule has 2 rings (SSSR count). The zero-order valence-electron chi connectivity index (χ0n) is 17.4. The van der Waals surface area contributed by atoms with Gasteiger partial charge in [0, 0.05) is 29.6 Å². The lowest BCUT2D eigenvalue weighted by Crippen LogP contribution is -2.34. The molecule has 0 fully saturated rings. The Kier molecular flexibility index (Phi) is 9.92. The van der Waals surface area contributed by atoms with Crippen molar-refractivity contribution < 1.29 is 18.7 Å². The van der Waals surface area contributed by atoms with Gasteiger partial charge in [0.25, 0.3) is 0 Å². The minimum absolute atomic E-state index is 0. The first-order valence-corrected chi connectivity index (χ1v) is 9.76. The highest BCUT2D eigenvalue weighted by atomic mass is 35.5. The maximum Gasteiger partial charge on any atom is 0.218 e. The molecule has 2 aromatic rings. The molecule has 0 spiro atoms. The van der Waals surface area contributed by atoms with Crippen LogP contribution in [-0.2, 0) is 4.79 Å². The van der Waals surface area contributed by atoms with Crippen LogP contribution in [-0.4, -0.2) is 24.8 Å². The number of hydrogen-bond donors (Lipinski definition) is 2. The summed E-state index contributed by atoms with van der Waals surface area (Å²) in [6, 6.07) is 8.47. The molecule has 0 aliphatic heterocycles. The van der Waals surface area contributed by atoms with Crippen LogP contribution >= 0.6 is 24.0 Å². The van der Waals surface area contributed by atoms with Gasteiger partial charge in [-0.15, -0.1) is 12.4 Å². The van der Waals surface area contributed by atoms with Crippen molar-refractivity contribution in [3.05, 3.63) is 63.4 Å². The number of methoxy groups -OCH3 is 1. The van der Waals surface area contributed by atoms with E-state index < -0.39 is 23.5 Å². The predicted molar refractivity (Wildman–Crippen MR) is 119 cm³/mol. The number of nitrogens with zero attached hydrogens (tertiary/aromatic N) is 1. The molecule has 0 radical (unpaired) electrons. The van der Waals surface area contributed by atoms with Gasteiger partial charge in [-0.05, 0) is 37.6 Å². The van der Waals surface area contributed by atoms with E-state index in [1.165, 1.54) is 37.4 Å². The van der Waals surface area contributed by atoms with Crippen LogP contribution in [0.15, 0.2) is 30.3 Å². The Morgan fingerprint density at radius 3 is 2.55 bits per heavy atom. The first-order chi connectivity index (χ1) is 14.2. The predicted octanol–water partition coefficient (Wildman–Crippen LogP) is 4.32. The number of amides is 1. The van der Waals surface area contributed by atoms with Gasteiger partial charge < -0.3 is 15.8 Å². The van der Waals surface area contributed by atoms with Crippen molar-refractivity contribution >= 4 is 35.7 Å². The highest BCUT2D eigenvalue weighted by molar-refractivity contribution is 6.35. The highest BCUT2D eigenvalue weighted by Gasteiger charge is 2.25. The summed E-state index contributed by atoms with van der Waals surface area (Å²) in [6.45, 7) is 3.63. The van der Waals surface area contributed by atoms with E-state index in [0.29, 0.717) is 12.2 Å². The first-order valence-electron chi connectivity index (χ1n) is 9.38. The molecule has 0 saturated carbocycles. The van der Waals surface area contributed by atoms with E-state index in [1.807, 2.05) is 13.0 Å². The molecule has 3 N–H and O–H groups in total. The zero-order chi connectivity index (χ0) is 22.4. The molecule has 2 aromatic carbocycles. The molecule has 0 aliphatic rings. The Labute approximate surface area is 191 Å². The third-order valence-corrected chi connectivity index (χ3v) is 5.02. The number of nitrogens with one attached hydrogen (secondary N) is 1. The Morgan fingerprint density at radius 1 is 1.32 bits per heavy atom. The molecule has 31 heavy (non-hydrogen) atoms. The number of primary amides is 1. The van der Waals surface area contributed by atoms with Gasteiger partial charge in [0.1, 0.15) is 17.6 Å². The number of hydrogen-bond acceptors (Lipinski definition) is 5. The van der Waals surface area contributed by atoms with E-state index in [9.17, 15) is 14.9 Å². The maximum absolute atomic E-state index is 15.4. The lowest BCUT2D eigenvalue weighted by molar-refractivity contribution is -0.118. The topological polar surface area (TPSA) is 105 Å². The molecule has 9 heteroatoms. The van der Waals surface area contributed by atoms with Gasteiger partial charge in [-0.2, -0.15) is 5.26 Å². The fourth-order valence-corrected chi connectivity index (χ4v) is 3.49. The van der Waals surface area contributed by atoms with Crippen LogP contribution in [0, 0.1) is 17.1 Å². The molecule has 0 aromatic heterocycles. The largest absolute Gasteiger partial charge is 0.495 e. The van der Waals surface area contributed by atoms with Crippen molar-refractivity contribution in [2.24, 2.45) is 5.73 Å². The maximum atomic E-state index is 15.4. The Balaban J connectivity index is 0.00000480. The summed E-state index contributed by atoms with van der Waals surface area (Å²) in [5, 5.41) is 12.4. The number of nitrogens with two attached hydrogens (primary N) is 1. The number of rotatable bonds is 9. The number of ketones is 1. The number of benzene rings is 2. The lowest BCUT2D eigenvalue weighted by atomic mass is 9.95. The highest BCUT2D eigenvalue weighted by Crippen LogP contribution is 2.31. The fourth-order valence-electron chi connectivity index (χ4n) is 3.26. The van der Waals surface area contributed by atoms with Crippen LogP contribution in [0.4, 0.5) is 4.39 Å². The summed E-state index contributed by atoms with van der Waals surface area (Å²) < 4.78 is 20.5. The average Bonchev–Trinajstić information content (AvgIpc) is 2.71. The van der Waals surface area contributed by atoms with Crippen molar-refractivity contribution in [3.8, 4) is 11.8 Å². The van der Waals surface area contributed by atoms with Crippen LogP contribution in [0.3, 0.4) is 0 Å². The van der Waals surface area contributed by atoms with E-state index in [2.05, 4.69) is 5.32 Å². The van der Waals surface area contributed by atoms with Crippen molar-refractivity contribution in [2.45, 2.75) is 38.8 Å². The van der Waals surface area contributed by atoms with E-state index in [4.69, 9.17) is 22.1 Å². The van der Waals surface area contributed by atoms with Crippen LogP contribution in [0.5, 0.6) is 5.75 Å². The third kappa shape index (κ3) is 6.17. The summed E-state index contributed by atoms with van der Waals surface area (Å²) in [5.74, 6) is -1.54. The average molecular weight is 468 g/mol. The molecule has 6 nitrogen and oxygen atoms in total. The molecule has 166 valence electrons. The standard InChI is InChI=1S/C22H23ClFN3O3.ClH/c1-4-17(27-12(2)9-19(26)28)15-6-7-16(23)20(21(15)24)22(29)13-5-8-18(30-3)14(10-13)11-25;/h5-8,10,12,17,27H,4,9H2,1-3H3,(H2,26,28);1H/t12-,17-;/m1./s1. The first kappa shape index (κ1) is 26.4. The molecule has 0 saturated heterocycles. The van der Waals surface area contributed by atoms with Crippen molar-refractivity contribution in [1.82, 2.24) is 5.32 Å². The summed E-state index contributed by atoms with van der Waals surface area (Å²) in [7, 11) is 1.41. The zero-order valence-corrected chi connectivity index (χ0v) is 18.9. The van der Waals surface area contributed by atoms with E-state index >= 15 is 4.39 Å². The van der Waals surface area contributed by atoms with Gasteiger partial charge in [-0.1, -0.05) is 24.6 Å². The number of carbonyl (C=O) groups excluding carboxylic acids is 2. The second kappa shape index (κ2) is 11.7. The van der Waals surface area contributed by atoms with Gasteiger partial charge >= 0.3 is 0 Å². The molecular formula is C22H24Cl2FN3O3. The third-order valence-electron chi connectivity index (χ3n) is 4.71. The molecule has 0 bridgehead atoms. The number of ether oxygens (including phenoxy) is 1. The van der Waals surface area contributed by atoms with Gasteiger partial charge in [0.15, 0.2) is 5.78 Å². The summed E-state index contributed by atoms with van der Waals surface area (Å²) in [6.07, 6.45) is 0.608. The van der Waals surface area contributed by atoms with Crippen molar-refractivity contribution in [2.75, 3.05) is 7.11 Å². The van der Waals surface area contributed by atoms with Crippen molar-refractivity contribution in [3.63, 3.8) is 0 Å². The fraction of sp³-hybridized carbons (Fsp3) is 0.318. The van der Waals surface area contributed by atoms with E-state index in [0.717, 1.165) is 0 Å². The lowest BCUT2D eigenvalue weighted by Gasteiger charge is -2.23. The minimum atomic E-state index is -0.743. The van der Waals surface area contributed by atoms with Crippen molar-refractivity contribution in [1.29, 1.82) is 5.26 Å². The minimum Gasteiger partial charge on any atom is -0.495 e. The number of carbonyl (C=O) groups is 2. The van der Waals surface area contributed by atoms with E-state index in [-0.39, 0.29) is 52.1 Å². The van der Waals surface area contributed by atoms with Gasteiger partial charge in [-0.25, -0.2) is 4.39 Å². The van der Waals surface area contributed by atoms with Crippen LogP contribution < -0.4 is 15.8 Å². The van der Waals surface area contributed by atoms with Gasteiger partial charge in [-0.3, -0.25) is 9.59 Å². The molecular weight excluding hydrogens is 444 g/mol. The Morgan fingerprint density at radius 2 is 2.00 bits per heavy atom. The normalized spacial score (nSPS) is 12.3. The second-order valence-electron chi connectivity index (χ2n) is 6.88. The smallest absolute Gasteiger partial charge is 0.218 e. The van der Waals surface area contributed by atoms with Crippen LogP contribution in [0.2, 0.25) is 5.02 Å². The SMILES string of the molecule is CC[C@@H](N[C@H](C)CC(N)=O)c1ccc(Cl)c(C(=O)c2ccc(OC)c(C#N)c2)c1F.Cl. The summed E-state index contributed by atoms with van der Waals surface area (Å²) >= 11 is 6.17. The van der Waals surface area contributed by atoms with Gasteiger partial charge in [0.05, 0.1) is 23.3 Å². The van der Waals surface area contributed by atoms with Gasteiger partial charge in [0.2, 0.25) is 5.91 Å². The van der Waals surface area contributed by atoms with Crippen LogP contribution in [0.25, 0.3) is 0 Å². The quantitative estimate of drug-likeness (QED) is 0.534.